The average Bonchev–Trinajstić information content (AvgIpc) is 3.42. The molecule has 0 radical (unpaired) electrons. The summed E-state index contributed by atoms with van der Waals surface area (Å²) in [6.45, 7) is 1.91. The molecule has 1 saturated carbocycles. The largest absolute Gasteiger partial charge is 0.368 e. The van der Waals surface area contributed by atoms with Gasteiger partial charge in [0.15, 0.2) is 0 Å². The topological polar surface area (TPSA) is 72.2 Å². The minimum absolute atomic E-state index is 0.0981. The second-order valence-electron chi connectivity index (χ2n) is 7.14. The van der Waals surface area contributed by atoms with Crippen molar-refractivity contribution in [1.82, 2.24) is 5.32 Å². The van der Waals surface area contributed by atoms with E-state index in [1.165, 1.54) is 0 Å². The highest BCUT2D eigenvalue weighted by Gasteiger charge is 2.50. The number of benzene rings is 2. The van der Waals surface area contributed by atoms with Gasteiger partial charge < -0.3 is 11.1 Å². The molecule has 1 fully saturated rings. The lowest BCUT2D eigenvalue weighted by molar-refractivity contribution is -0.131. The number of hydrogen-bond acceptors (Lipinski definition) is 2. The van der Waals surface area contributed by atoms with E-state index in [1.807, 2.05) is 61.5 Å². The van der Waals surface area contributed by atoms with Crippen LogP contribution in [0.5, 0.6) is 0 Å². The number of rotatable bonds is 7. The van der Waals surface area contributed by atoms with Crippen molar-refractivity contribution in [1.29, 1.82) is 0 Å². The molecular formula is C21H23ClN2O2. The molecule has 4 nitrogen and oxygen atoms in total. The Bertz CT molecular complexity index is 785. The van der Waals surface area contributed by atoms with Crippen molar-refractivity contribution in [2.45, 2.75) is 38.1 Å². The maximum Gasteiger partial charge on any atom is 0.240 e. The molecule has 0 aromatic heterocycles. The lowest BCUT2D eigenvalue weighted by atomic mass is 9.90. The van der Waals surface area contributed by atoms with E-state index in [9.17, 15) is 9.59 Å². The maximum absolute atomic E-state index is 12.9. The Labute approximate surface area is 158 Å². The van der Waals surface area contributed by atoms with E-state index < -0.39 is 17.4 Å². The number of hydrogen-bond donors (Lipinski definition) is 2. The highest BCUT2D eigenvalue weighted by molar-refractivity contribution is 6.30. The molecule has 0 bridgehead atoms. The standard InChI is InChI=1S/C21H23ClN2O2/c1-14(16-5-3-2-4-6-16)18(19(23)25)24-20(26)21(11-12-21)13-15-7-9-17(22)10-8-15/h2-10,14,18H,11-13H2,1H3,(H2,23,25)(H,24,26). The van der Waals surface area contributed by atoms with Gasteiger partial charge in [0, 0.05) is 10.9 Å². The van der Waals surface area contributed by atoms with Crippen LogP contribution in [-0.2, 0) is 16.0 Å². The van der Waals surface area contributed by atoms with Gasteiger partial charge in [0.2, 0.25) is 11.8 Å². The van der Waals surface area contributed by atoms with Crippen LogP contribution in [0.4, 0.5) is 0 Å². The van der Waals surface area contributed by atoms with Gasteiger partial charge in [-0.1, -0.05) is 61.0 Å². The van der Waals surface area contributed by atoms with Gasteiger partial charge in [-0.05, 0) is 42.5 Å². The van der Waals surface area contributed by atoms with E-state index in [0.29, 0.717) is 11.4 Å². The first-order valence-electron chi connectivity index (χ1n) is 8.81. The molecule has 1 aliphatic rings. The lowest BCUT2D eigenvalue weighted by Crippen LogP contribution is -2.50. The molecule has 136 valence electrons. The van der Waals surface area contributed by atoms with E-state index in [4.69, 9.17) is 17.3 Å². The normalized spacial score (nSPS) is 17.2. The van der Waals surface area contributed by atoms with Crippen LogP contribution >= 0.6 is 11.6 Å². The first kappa shape index (κ1) is 18.5. The van der Waals surface area contributed by atoms with Gasteiger partial charge in [-0.3, -0.25) is 9.59 Å². The van der Waals surface area contributed by atoms with Crippen LogP contribution in [0.15, 0.2) is 54.6 Å². The molecule has 3 N–H and O–H groups in total. The summed E-state index contributed by atoms with van der Waals surface area (Å²) < 4.78 is 0. The molecule has 0 saturated heterocycles. The summed E-state index contributed by atoms with van der Waals surface area (Å²) in [6, 6.07) is 16.4. The van der Waals surface area contributed by atoms with Gasteiger partial charge in [-0.2, -0.15) is 0 Å². The summed E-state index contributed by atoms with van der Waals surface area (Å²) in [7, 11) is 0. The first-order chi connectivity index (χ1) is 12.4. The van der Waals surface area contributed by atoms with E-state index >= 15 is 0 Å². The number of nitrogens with two attached hydrogens (primary N) is 1. The van der Waals surface area contributed by atoms with Crippen molar-refractivity contribution in [3.8, 4) is 0 Å². The highest BCUT2D eigenvalue weighted by Crippen LogP contribution is 2.49. The Morgan fingerprint density at radius 3 is 2.27 bits per heavy atom. The SMILES string of the molecule is CC(c1ccccc1)C(NC(=O)C1(Cc2ccc(Cl)cc2)CC1)C(N)=O. The van der Waals surface area contributed by atoms with E-state index in [2.05, 4.69) is 5.32 Å². The molecule has 2 amide bonds. The molecule has 3 rings (SSSR count). The molecule has 26 heavy (non-hydrogen) atoms. The van der Waals surface area contributed by atoms with Crippen LogP contribution < -0.4 is 11.1 Å². The van der Waals surface area contributed by atoms with Crippen molar-refractivity contribution in [3.63, 3.8) is 0 Å². The minimum atomic E-state index is -0.729. The predicted octanol–water partition coefficient (Wildman–Crippen LogP) is 3.44. The van der Waals surface area contributed by atoms with Crippen LogP contribution in [0.3, 0.4) is 0 Å². The lowest BCUT2D eigenvalue weighted by Gasteiger charge is -2.25. The van der Waals surface area contributed by atoms with Crippen molar-refractivity contribution >= 4 is 23.4 Å². The summed E-state index contributed by atoms with van der Waals surface area (Å²) in [5.41, 5.74) is 7.18. The summed E-state index contributed by atoms with van der Waals surface area (Å²) in [5, 5.41) is 3.58. The molecule has 1 aliphatic carbocycles. The number of halogens is 1. The first-order valence-corrected chi connectivity index (χ1v) is 9.19. The van der Waals surface area contributed by atoms with Crippen molar-refractivity contribution < 1.29 is 9.59 Å². The van der Waals surface area contributed by atoms with Crippen molar-refractivity contribution in [3.05, 3.63) is 70.7 Å². The Hall–Kier alpha value is -2.33. The van der Waals surface area contributed by atoms with Gasteiger partial charge in [-0.15, -0.1) is 0 Å². The van der Waals surface area contributed by atoms with Gasteiger partial charge in [0.05, 0.1) is 5.41 Å². The van der Waals surface area contributed by atoms with Gasteiger partial charge in [0.25, 0.3) is 0 Å². The monoisotopic (exact) mass is 370 g/mol. The number of primary amides is 1. The molecule has 5 heteroatoms. The second-order valence-corrected chi connectivity index (χ2v) is 7.57. The molecule has 0 aliphatic heterocycles. The summed E-state index contributed by atoms with van der Waals surface area (Å²) in [4.78, 5) is 24.9. The number of nitrogens with one attached hydrogen (secondary N) is 1. The average molecular weight is 371 g/mol. The number of carbonyl (C=O) groups is 2. The third-order valence-electron chi connectivity index (χ3n) is 5.21. The number of carbonyl (C=O) groups excluding carboxylic acids is 2. The van der Waals surface area contributed by atoms with Crippen LogP contribution in [0, 0.1) is 5.41 Å². The summed E-state index contributed by atoms with van der Waals surface area (Å²) in [6.07, 6.45) is 2.26. The highest BCUT2D eigenvalue weighted by atomic mass is 35.5. The summed E-state index contributed by atoms with van der Waals surface area (Å²) >= 11 is 5.93. The van der Waals surface area contributed by atoms with Crippen molar-refractivity contribution in [2.75, 3.05) is 0 Å². The Morgan fingerprint density at radius 1 is 1.12 bits per heavy atom. The van der Waals surface area contributed by atoms with Gasteiger partial charge in [-0.25, -0.2) is 0 Å². The zero-order valence-electron chi connectivity index (χ0n) is 14.7. The Balaban J connectivity index is 1.71. The van der Waals surface area contributed by atoms with E-state index in [1.54, 1.807) is 0 Å². The summed E-state index contributed by atoms with van der Waals surface area (Å²) in [5.74, 6) is -0.806. The zero-order chi connectivity index (χ0) is 18.7. The Kier molecular flexibility index (Phi) is 5.33. The second kappa shape index (κ2) is 7.50. The van der Waals surface area contributed by atoms with Crippen LogP contribution in [0.2, 0.25) is 5.02 Å². The number of amides is 2. The zero-order valence-corrected chi connectivity index (χ0v) is 15.5. The van der Waals surface area contributed by atoms with Crippen LogP contribution in [-0.4, -0.2) is 17.9 Å². The fraction of sp³-hybridized carbons (Fsp3) is 0.333. The third kappa shape index (κ3) is 4.07. The molecule has 2 atom stereocenters. The fourth-order valence-electron chi connectivity index (χ4n) is 3.31. The molecule has 0 heterocycles. The molecule has 2 unspecified atom stereocenters. The van der Waals surface area contributed by atoms with Gasteiger partial charge in [0.1, 0.15) is 6.04 Å². The third-order valence-corrected chi connectivity index (χ3v) is 5.46. The predicted molar refractivity (Wildman–Crippen MR) is 103 cm³/mol. The Morgan fingerprint density at radius 2 is 1.73 bits per heavy atom. The van der Waals surface area contributed by atoms with Crippen LogP contribution in [0.1, 0.15) is 36.8 Å². The molecular weight excluding hydrogens is 348 g/mol. The smallest absolute Gasteiger partial charge is 0.240 e. The fourth-order valence-corrected chi connectivity index (χ4v) is 3.44. The molecule has 2 aromatic carbocycles. The maximum atomic E-state index is 12.9. The minimum Gasteiger partial charge on any atom is -0.368 e. The van der Waals surface area contributed by atoms with Crippen LogP contribution in [0.25, 0.3) is 0 Å². The van der Waals surface area contributed by atoms with E-state index in [-0.39, 0.29) is 11.8 Å². The van der Waals surface area contributed by atoms with E-state index in [0.717, 1.165) is 24.0 Å². The van der Waals surface area contributed by atoms with Crippen molar-refractivity contribution in [2.24, 2.45) is 11.1 Å². The quantitative estimate of drug-likeness (QED) is 0.783. The van der Waals surface area contributed by atoms with Gasteiger partial charge >= 0.3 is 0 Å². The molecule has 0 spiro atoms. The molecule has 2 aromatic rings.